The summed E-state index contributed by atoms with van der Waals surface area (Å²) in [7, 11) is 0. The monoisotopic (exact) mass is 461 g/mol. The lowest BCUT2D eigenvalue weighted by atomic mass is 9.99. The largest absolute Gasteiger partial charge is 0.352 e. The summed E-state index contributed by atoms with van der Waals surface area (Å²) in [6.45, 7) is 6.93. The highest BCUT2D eigenvalue weighted by Crippen LogP contribution is 2.39. The number of rotatable bonds is 8. The number of amides is 1. The zero-order chi connectivity index (χ0) is 23.4. The second kappa shape index (κ2) is 10.2. The SMILES string of the molecule is CCc1ccccc1NC(=O)CCN1C(=S)N[C@@H](c2ccccn2)[C@H]1c1ccn(C(C)C)c1. The number of thiocarbonyl (C=S) groups is 1. The quantitative estimate of drug-likeness (QED) is 0.461. The molecule has 1 aliphatic heterocycles. The summed E-state index contributed by atoms with van der Waals surface area (Å²) in [5.41, 5.74) is 4.10. The van der Waals surface area contributed by atoms with Crippen molar-refractivity contribution < 1.29 is 4.79 Å². The summed E-state index contributed by atoms with van der Waals surface area (Å²) in [4.78, 5) is 19.5. The van der Waals surface area contributed by atoms with Crippen LogP contribution in [0.5, 0.6) is 0 Å². The maximum atomic E-state index is 12.8. The fraction of sp³-hybridized carbons (Fsp3) is 0.346. The first-order chi connectivity index (χ1) is 16.0. The predicted molar refractivity (Wildman–Crippen MR) is 136 cm³/mol. The van der Waals surface area contributed by atoms with Crippen LogP contribution in [0.15, 0.2) is 67.1 Å². The summed E-state index contributed by atoms with van der Waals surface area (Å²) in [6.07, 6.45) is 7.29. The van der Waals surface area contributed by atoms with Gasteiger partial charge in [0, 0.05) is 43.3 Å². The number of aryl methyl sites for hydroxylation is 1. The van der Waals surface area contributed by atoms with Gasteiger partial charge in [-0.15, -0.1) is 0 Å². The number of hydrogen-bond donors (Lipinski definition) is 2. The first-order valence-corrected chi connectivity index (χ1v) is 11.9. The van der Waals surface area contributed by atoms with Gasteiger partial charge in [0.15, 0.2) is 5.11 Å². The van der Waals surface area contributed by atoms with E-state index in [9.17, 15) is 4.79 Å². The Morgan fingerprint density at radius 3 is 2.67 bits per heavy atom. The third kappa shape index (κ3) is 5.09. The number of carbonyl (C=O) groups is 1. The maximum absolute atomic E-state index is 12.8. The summed E-state index contributed by atoms with van der Waals surface area (Å²) in [6, 6.07) is 16.2. The van der Waals surface area contributed by atoms with Crippen LogP contribution in [0, 0.1) is 0 Å². The number of carbonyl (C=O) groups excluding carboxylic acids is 1. The molecule has 1 aromatic carbocycles. The van der Waals surface area contributed by atoms with Gasteiger partial charge in [-0.2, -0.15) is 0 Å². The van der Waals surface area contributed by atoms with Crippen molar-refractivity contribution in [3.63, 3.8) is 0 Å². The second-order valence-electron chi connectivity index (χ2n) is 8.61. The van der Waals surface area contributed by atoms with Crippen LogP contribution >= 0.6 is 12.2 Å². The van der Waals surface area contributed by atoms with Crippen molar-refractivity contribution in [1.82, 2.24) is 19.8 Å². The van der Waals surface area contributed by atoms with Crippen LogP contribution < -0.4 is 10.6 Å². The van der Waals surface area contributed by atoms with Crippen molar-refractivity contribution >= 4 is 28.9 Å². The lowest BCUT2D eigenvalue weighted by Crippen LogP contribution is -2.32. The van der Waals surface area contributed by atoms with Gasteiger partial charge in [0.25, 0.3) is 0 Å². The van der Waals surface area contributed by atoms with Gasteiger partial charge in [-0.05, 0) is 67.9 Å². The summed E-state index contributed by atoms with van der Waals surface area (Å²) in [5, 5.41) is 7.17. The number of pyridine rings is 1. The van der Waals surface area contributed by atoms with Gasteiger partial charge in [0.05, 0.1) is 17.8 Å². The van der Waals surface area contributed by atoms with Crippen LogP contribution in [0.3, 0.4) is 0 Å². The molecular formula is C26H31N5OS. The van der Waals surface area contributed by atoms with E-state index >= 15 is 0 Å². The Morgan fingerprint density at radius 1 is 1.18 bits per heavy atom. The van der Waals surface area contributed by atoms with Crippen molar-refractivity contribution in [3.8, 4) is 0 Å². The number of para-hydroxylation sites is 1. The molecule has 0 bridgehead atoms. The maximum Gasteiger partial charge on any atom is 0.226 e. The number of nitrogens with one attached hydrogen (secondary N) is 2. The minimum absolute atomic E-state index is 0.0153. The van der Waals surface area contributed by atoms with Gasteiger partial charge in [-0.25, -0.2) is 0 Å². The van der Waals surface area contributed by atoms with Gasteiger partial charge >= 0.3 is 0 Å². The van der Waals surface area contributed by atoms with E-state index < -0.39 is 0 Å². The molecule has 0 saturated carbocycles. The molecule has 4 rings (SSSR count). The molecule has 1 aliphatic rings. The van der Waals surface area contributed by atoms with Crippen molar-refractivity contribution in [2.75, 3.05) is 11.9 Å². The minimum Gasteiger partial charge on any atom is -0.352 e. The average molecular weight is 462 g/mol. The van der Waals surface area contributed by atoms with Gasteiger partial charge in [0.2, 0.25) is 5.91 Å². The number of benzene rings is 1. The highest BCUT2D eigenvalue weighted by atomic mass is 32.1. The van der Waals surface area contributed by atoms with E-state index in [-0.39, 0.29) is 18.0 Å². The van der Waals surface area contributed by atoms with Gasteiger partial charge in [0.1, 0.15) is 0 Å². The highest BCUT2D eigenvalue weighted by Gasteiger charge is 2.40. The first-order valence-electron chi connectivity index (χ1n) is 11.5. The van der Waals surface area contributed by atoms with E-state index in [1.165, 1.54) is 0 Å². The van der Waals surface area contributed by atoms with Crippen molar-refractivity contribution in [2.24, 2.45) is 0 Å². The molecular weight excluding hydrogens is 430 g/mol. The van der Waals surface area contributed by atoms with Crippen LogP contribution in [0.1, 0.15) is 62.1 Å². The summed E-state index contributed by atoms with van der Waals surface area (Å²) in [5.74, 6) is -0.0153. The Labute approximate surface area is 201 Å². The van der Waals surface area contributed by atoms with Crippen molar-refractivity contribution in [3.05, 3.63) is 83.9 Å². The molecule has 0 spiro atoms. The molecule has 1 saturated heterocycles. The van der Waals surface area contributed by atoms with Crippen molar-refractivity contribution in [2.45, 2.75) is 51.7 Å². The molecule has 6 nitrogen and oxygen atoms in total. The molecule has 2 atom stereocenters. The van der Waals surface area contributed by atoms with E-state index in [4.69, 9.17) is 12.2 Å². The topological polar surface area (TPSA) is 62.2 Å². The van der Waals surface area contributed by atoms with E-state index in [1.54, 1.807) is 6.20 Å². The third-order valence-electron chi connectivity index (χ3n) is 6.12. The van der Waals surface area contributed by atoms with Crippen LogP contribution in [-0.2, 0) is 11.2 Å². The molecule has 0 aliphatic carbocycles. The lowest BCUT2D eigenvalue weighted by Gasteiger charge is -2.27. The minimum atomic E-state index is -0.0782. The average Bonchev–Trinajstić information content (AvgIpc) is 3.43. The zero-order valence-electron chi connectivity index (χ0n) is 19.4. The van der Waals surface area contributed by atoms with Crippen LogP contribution in [-0.4, -0.2) is 32.0 Å². The smallest absolute Gasteiger partial charge is 0.226 e. The van der Waals surface area contributed by atoms with Crippen molar-refractivity contribution in [1.29, 1.82) is 0 Å². The van der Waals surface area contributed by atoms with Crippen LogP contribution in [0.4, 0.5) is 5.69 Å². The standard InChI is InChI=1S/C26H31N5OS/c1-4-19-9-5-6-10-21(19)28-23(32)13-16-31-25(20-12-15-30(17-20)18(2)3)24(29-26(31)33)22-11-7-8-14-27-22/h5-12,14-15,17-18,24-25H,4,13,16H2,1-3H3,(H,28,32)(H,29,33)/t24-,25+/m0/s1. The van der Waals surface area contributed by atoms with Gasteiger partial charge in [-0.3, -0.25) is 9.78 Å². The molecule has 3 heterocycles. The van der Waals surface area contributed by atoms with Crippen LogP contribution in [0.25, 0.3) is 0 Å². The summed E-state index contributed by atoms with van der Waals surface area (Å²) < 4.78 is 2.19. The molecule has 2 N–H and O–H groups in total. The molecule has 0 unspecified atom stereocenters. The number of aromatic nitrogens is 2. The number of anilines is 1. The zero-order valence-corrected chi connectivity index (χ0v) is 20.2. The molecule has 172 valence electrons. The predicted octanol–water partition coefficient (Wildman–Crippen LogP) is 5.03. The van der Waals surface area contributed by atoms with Gasteiger partial charge < -0.3 is 20.1 Å². The molecule has 1 amide bonds. The third-order valence-corrected chi connectivity index (χ3v) is 6.48. The second-order valence-corrected chi connectivity index (χ2v) is 9.00. The fourth-order valence-corrected chi connectivity index (χ4v) is 4.65. The Hall–Kier alpha value is -3.19. The fourth-order valence-electron chi connectivity index (χ4n) is 4.32. The van der Waals surface area contributed by atoms with E-state index in [2.05, 4.69) is 64.3 Å². The Kier molecular flexibility index (Phi) is 7.08. The number of nitrogens with zero attached hydrogens (tertiary/aromatic N) is 3. The molecule has 3 aromatic rings. The van der Waals surface area contributed by atoms with E-state index in [0.29, 0.717) is 24.1 Å². The number of hydrogen-bond acceptors (Lipinski definition) is 3. The Bertz CT molecular complexity index is 1110. The van der Waals surface area contributed by atoms with Gasteiger partial charge in [-0.1, -0.05) is 31.2 Å². The molecule has 7 heteroatoms. The molecule has 1 fully saturated rings. The molecule has 33 heavy (non-hydrogen) atoms. The molecule has 2 aromatic heterocycles. The Morgan fingerprint density at radius 2 is 1.97 bits per heavy atom. The first kappa shape index (κ1) is 23.0. The van der Waals surface area contributed by atoms with Crippen LogP contribution in [0.2, 0.25) is 0 Å². The Balaban J connectivity index is 1.54. The molecule has 0 radical (unpaired) electrons. The van der Waals surface area contributed by atoms with E-state index in [1.807, 2.05) is 42.5 Å². The summed E-state index contributed by atoms with van der Waals surface area (Å²) >= 11 is 5.72. The van der Waals surface area contributed by atoms with E-state index in [0.717, 1.165) is 28.9 Å². The highest BCUT2D eigenvalue weighted by molar-refractivity contribution is 7.80. The normalized spacial score (nSPS) is 17.9. The lowest BCUT2D eigenvalue weighted by molar-refractivity contribution is -0.116.